The van der Waals surface area contributed by atoms with Crippen molar-refractivity contribution in [2.45, 2.75) is 0 Å². The van der Waals surface area contributed by atoms with Gasteiger partial charge in [-0.05, 0) is 18.2 Å². The second kappa shape index (κ2) is 5.69. The topological polar surface area (TPSA) is 82.6 Å². The second-order valence-corrected chi connectivity index (χ2v) is 4.61. The van der Waals surface area contributed by atoms with E-state index in [0.29, 0.717) is 16.7 Å². The Kier molecular flexibility index (Phi) is 3.57. The first-order valence-electron chi connectivity index (χ1n) is 6.51. The molecule has 2 aromatic carbocycles. The summed E-state index contributed by atoms with van der Waals surface area (Å²) in [7, 11) is 0. The molecule has 0 amide bonds. The average molecular weight is 297 g/mol. The van der Waals surface area contributed by atoms with Gasteiger partial charge in [0, 0.05) is 11.6 Å². The Morgan fingerprint density at radius 2 is 1.86 bits per heavy atom. The van der Waals surface area contributed by atoms with Crippen molar-refractivity contribution < 1.29 is 14.1 Å². The highest BCUT2D eigenvalue weighted by molar-refractivity contribution is 5.80. The van der Waals surface area contributed by atoms with Crippen LogP contribution in [0.1, 0.15) is 0 Å². The smallest absolute Gasteiger partial charge is 0.344 e. The zero-order valence-corrected chi connectivity index (χ0v) is 11.4. The number of nitrogens with zero attached hydrogens (tertiary/aromatic N) is 1. The molecule has 22 heavy (non-hydrogen) atoms. The number of hydrogen-bond acceptors (Lipinski definition) is 5. The fraction of sp³-hybridized carbons (Fsp3) is 0.0625. The predicted molar refractivity (Wildman–Crippen MR) is 80.4 cm³/mol. The number of nitro groups is 1. The van der Waals surface area contributed by atoms with Crippen molar-refractivity contribution in [1.82, 2.24) is 0 Å². The largest absolute Gasteiger partial charge is 0.456 e. The first-order valence-corrected chi connectivity index (χ1v) is 6.51. The van der Waals surface area contributed by atoms with Gasteiger partial charge in [0.2, 0.25) is 0 Å². The van der Waals surface area contributed by atoms with Crippen LogP contribution in [0.3, 0.4) is 0 Å². The summed E-state index contributed by atoms with van der Waals surface area (Å²) in [5, 5.41) is 10.6. The van der Waals surface area contributed by atoms with Gasteiger partial charge in [-0.25, -0.2) is 0 Å². The summed E-state index contributed by atoms with van der Waals surface area (Å²) in [6.45, 7) is -0.654. The van der Waals surface area contributed by atoms with Crippen LogP contribution in [0.4, 0.5) is 0 Å². The van der Waals surface area contributed by atoms with Gasteiger partial charge < -0.3 is 9.15 Å². The van der Waals surface area contributed by atoms with Crippen LogP contribution in [0.15, 0.2) is 63.8 Å². The molecule has 1 heterocycles. The van der Waals surface area contributed by atoms with E-state index in [4.69, 9.17) is 9.15 Å². The lowest BCUT2D eigenvalue weighted by molar-refractivity contribution is -0.514. The van der Waals surface area contributed by atoms with E-state index in [2.05, 4.69) is 0 Å². The van der Waals surface area contributed by atoms with Crippen molar-refractivity contribution in [3.63, 3.8) is 0 Å². The van der Waals surface area contributed by atoms with Gasteiger partial charge in [0.15, 0.2) is 5.43 Å². The Bertz CT molecular complexity index is 886. The number of benzene rings is 2. The molecule has 0 aliphatic rings. The molecule has 0 fully saturated rings. The van der Waals surface area contributed by atoms with Crippen LogP contribution < -0.4 is 10.2 Å². The van der Waals surface area contributed by atoms with Gasteiger partial charge in [-0.3, -0.25) is 14.9 Å². The lowest BCUT2D eigenvalue weighted by Crippen LogP contribution is -2.08. The number of ether oxygens (including phenoxy) is 1. The molecule has 3 aromatic rings. The Morgan fingerprint density at radius 1 is 1.09 bits per heavy atom. The zero-order valence-electron chi connectivity index (χ0n) is 11.4. The summed E-state index contributed by atoms with van der Waals surface area (Å²) in [4.78, 5) is 21.9. The molecule has 6 heteroatoms. The van der Waals surface area contributed by atoms with E-state index in [1.165, 1.54) is 18.2 Å². The molecule has 6 nitrogen and oxygen atoms in total. The third kappa shape index (κ3) is 2.80. The molecule has 0 bridgehead atoms. The van der Waals surface area contributed by atoms with E-state index in [9.17, 15) is 14.9 Å². The molecule has 0 N–H and O–H groups in total. The van der Waals surface area contributed by atoms with Crippen molar-refractivity contribution in [3.05, 3.63) is 74.9 Å². The fourth-order valence-electron chi connectivity index (χ4n) is 2.10. The van der Waals surface area contributed by atoms with Gasteiger partial charge in [-0.15, -0.1) is 0 Å². The van der Waals surface area contributed by atoms with E-state index in [-0.39, 0.29) is 11.2 Å². The van der Waals surface area contributed by atoms with Crippen LogP contribution in [0.25, 0.3) is 22.3 Å². The minimum atomic E-state index is -0.654. The fourth-order valence-corrected chi connectivity index (χ4v) is 2.10. The predicted octanol–water partition coefficient (Wildman–Crippen LogP) is 3.07. The average Bonchev–Trinajstić information content (AvgIpc) is 2.54. The Labute approximate surface area is 124 Å². The Balaban J connectivity index is 2.03. The van der Waals surface area contributed by atoms with Crippen LogP contribution >= 0.6 is 0 Å². The Hall–Kier alpha value is -3.15. The van der Waals surface area contributed by atoms with Crippen molar-refractivity contribution >= 4 is 11.0 Å². The maximum absolute atomic E-state index is 12.2. The molecule has 0 atom stereocenters. The third-order valence-electron chi connectivity index (χ3n) is 3.09. The van der Waals surface area contributed by atoms with Gasteiger partial charge in [0.25, 0.3) is 0 Å². The molecule has 0 spiro atoms. The van der Waals surface area contributed by atoms with E-state index in [0.717, 1.165) is 5.56 Å². The summed E-state index contributed by atoms with van der Waals surface area (Å²) in [6.07, 6.45) is 0. The van der Waals surface area contributed by atoms with Crippen LogP contribution in [-0.2, 0) is 0 Å². The second-order valence-electron chi connectivity index (χ2n) is 4.61. The number of fused-ring (bicyclic) bond motifs is 1. The minimum absolute atomic E-state index is 0.230. The van der Waals surface area contributed by atoms with Gasteiger partial charge in [0.05, 0.1) is 10.3 Å². The monoisotopic (exact) mass is 297 g/mol. The van der Waals surface area contributed by atoms with Crippen LogP contribution in [-0.4, -0.2) is 11.7 Å². The number of hydrogen-bond donors (Lipinski definition) is 0. The molecule has 0 saturated heterocycles. The highest BCUT2D eigenvalue weighted by Crippen LogP contribution is 2.24. The van der Waals surface area contributed by atoms with Crippen LogP contribution in [0, 0.1) is 10.1 Å². The van der Waals surface area contributed by atoms with Crippen molar-refractivity contribution in [2.75, 3.05) is 6.73 Å². The quantitative estimate of drug-likeness (QED) is 0.420. The maximum Gasteiger partial charge on any atom is 0.344 e. The molecular formula is C16H11NO5. The molecule has 0 aliphatic carbocycles. The first kappa shape index (κ1) is 13.8. The van der Waals surface area contributed by atoms with Crippen molar-refractivity contribution in [2.24, 2.45) is 0 Å². The first-order chi connectivity index (χ1) is 10.6. The van der Waals surface area contributed by atoms with Crippen molar-refractivity contribution in [3.8, 4) is 17.1 Å². The highest BCUT2D eigenvalue weighted by atomic mass is 16.7. The number of rotatable bonds is 4. The van der Waals surface area contributed by atoms with E-state index in [1.807, 2.05) is 30.3 Å². The van der Waals surface area contributed by atoms with E-state index >= 15 is 0 Å². The molecule has 0 unspecified atom stereocenters. The van der Waals surface area contributed by atoms with Crippen LogP contribution in [0.5, 0.6) is 5.75 Å². The van der Waals surface area contributed by atoms with E-state index < -0.39 is 11.7 Å². The summed E-state index contributed by atoms with van der Waals surface area (Å²) < 4.78 is 10.7. The van der Waals surface area contributed by atoms with Crippen molar-refractivity contribution in [1.29, 1.82) is 0 Å². The molecule has 0 saturated carbocycles. The lowest BCUT2D eigenvalue weighted by Gasteiger charge is -2.05. The maximum atomic E-state index is 12.2. The molecule has 0 radical (unpaired) electrons. The molecular weight excluding hydrogens is 286 g/mol. The van der Waals surface area contributed by atoms with Gasteiger partial charge >= 0.3 is 6.73 Å². The standard InChI is InChI=1S/C16H11NO5/c18-14-9-16(11-4-2-1-3-5-11)22-15-7-6-12(8-13(14)15)21-10-17(19)20/h1-9H,10H2. The molecule has 1 aromatic heterocycles. The minimum Gasteiger partial charge on any atom is -0.456 e. The van der Waals surface area contributed by atoms with Gasteiger partial charge in [0.1, 0.15) is 17.1 Å². The molecule has 3 rings (SSSR count). The zero-order chi connectivity index (χ0) is 15.5. The lowest BCUT2D eigenvalue weighted by atomic mass is 10.1. The van der Waals surface area contributed by atoms with E-state index in [1.54, 1.807) is 6.07 Å². The van der Waals surface area contributed by atoms with Gasteiger partial charge in [-0.1, -0.05) is 30.3 Å². The summed E-state index contributed by atoms with van der Waals surface area (Å²) in [5.41, 5.74) is 0.974. The summed E-state index contributed by atoms with van der Waals surface area (Å²) >= 11 is 0. The van der Waals surface area contributed by atoms with Gasteiger partial charge in [-0.2, -0.15) is 0 Å². The normalized spacial score (nSPS) is 10.5. The molecule has 0 aliphatic heterocycles. The third-order valence-corrected chi connectivity index (χ3v) is 3.09. The summed E-state index contributed by atoms with van der Waals surface area (Å²) in [5.74, 6) is 0.723. The SMILES string of the molecule is O=c1cc(-c2ccccc2)oc2ccc(OC[N+](=O)[O-])cc12. The highest BCUT2D eigenvalue weighted by Gasteiger charge is 2.09. The van der Waals surface area contributed by atoms with Crippen LogP contribution in [0.2, 0.25) is 0 Å². The summed E-state index contributed by atoms with van der Waals surface area (Å²) in [6, 6.07) is 15.2. The molecule has 110 valence electrons. The Morgan fingerprint density at radius 3 is 2.59 bits per heavy atom.